The number of amides is 1. The molecule has 13 heteroatoms. The van der Waals surface area contributed by atoms with E-state index >= 15 is 0 Å². The van der Waals surface area contributed by atoms with Crippen LogP contribution in [0.3, 0.4) is 0 Å². The molecule has 244 valence electrons. The van der Waals surface area contributed by atoms with Crippen molar-refractivity contribution in [3.8, 4) is 11.4 Å². The highest BCUT2D eigenvalue weighted by Gasteiger charge is 2.35. The molecule has 0 saturated carbocycles. The summed E-state index contributed by atoms with van der Waals surface area (Å²) in [6.45, 7) is 6.45. The molecule has 47 heavy (non-hydrogen) atoms. The van der Waals surface area contributed by atoms with Gasteiger partial charge in [0.05, 0.1) is 43.8 Å². The smallest absolute Gasteiger partial charge is 0.296 e. The average Bonchev–Trinajstić information content (AvgIpc) is 3.46. The minimum Gasteiger partial charge on any atom is -0.334 e. The largest absolute Gasteiger partial charge is 0.334 e. The molecule has 0 radical (unpaired) electrons. The lowest BCUT2D eigenvalue weighted by Gasteiger charge is -2.30. The molecule has 0 N–H and O–H groups in total. The maximum absolute atomic E-state index is 14.2. The van der Waals surface area contributed by atoms with Gasteiger partial charge in [-0.1, -0.05) is 67.4 Å². The first-order valence-electron chi connectivity index (χ1n) is 14.9. The average molecular weight is 694 g/mol. The van der Waals surface area contributed by atoms with Crippen molar-refractivity contribution in [3.63, 3.8) is 0 Å². The van der Waals surface area contributed by atoms with Crippen molar-refractivity contribution in [2.24, 2.45) is 12.5 Å². The number of hydrogen-bond donors (Lipinski definition) is 0. The van der Waals surface area contributed by atoms with E-state index in [4.69, 9.17) is 23.2 Å². The number of hydrogen-bond acceptors (Lipinski definition) is 5. The number of aromatic nitrogens is 4. The Kier molecular flexibility index (Phi) is 8.36. The number of para-hydroxylation sites is 2. The van der Waals surface area contributed by atoms with Crippen LogP contribution in [0.25, 0.3) is 11.4 Å². The van der Waals surface area contributed by atoms with Crippen molar-refractivity contribution >= 4 is 44.8 Å². The van der Waals surface area contributed by atoms with Crippen LogP contribution in [0.1, 0.15) is 41.2 Å². The zero-order valence-corrected chi connectivity index (χ0v) is 28.9. The fraction of sp³-hybridized carbons (Fsp3) is 0.265. The van der Waals surface area contributed by atoms with Crippen LogP contribution in [0.4, 0.5) is 5.69 Å². The molecule has 6 rings (SSSR count). The van der Waals surface area contributed by atoms with Crippen molar-refractivity contribution in [2.75, 3.05) is 17.9 Å². The van der Waals surface area contributed by atoms with Gasteiger partial charge in [-0.05, 0) is 61.2 Å². The Labute approximate surface area is 283 Å². The molecular weight excluding hydrogens is 659 g/mol. The summed E-state index contributed by atoms with van der Waals surface area (Å²) in [5.41, 5.74) is 2.80. The van der Waals surface area contributed by atoms with Crippen LogP contribution in [0.15, 0.2) is 88.7 Å². The second kappa shape index (κ2) is 12.0. The minimum absolute atomic E-state index is 0.00323. The van der Waals surface area contributed by atoms with Gasteiger partial charge in [0, 0.05) is 38.4 Å². The molecule has 1 aliphatic rings. The van der Waals surface area contributed by atoms with E-state index in [9.17, 15) is 18.0 Å². The molecule has 10 nitrogen and oxygen atoms in total. The van der Waals surface area contributed by atoms with Crippen LogP contribution in [0.2, 0.25) is 10.0 Å². The fourth-order valence-electron chi connectivity index (χ4n) is 6.18. The number of halogens is 2. The molecule has 0 unspecified atom stereocenters. The van der Waals surface area contributed by atoms with Gasteiger partial charge in [-0.25, -0.2) is 17.8 Å². The number of benzene rings is 3. The Balaban J connectivity index is 1.35. The minimum atomic E-state index is -4.28. The van der Waals surface area contributed by atoms with Gasteiger partial charge in [0.15, 0.2) is 0 Å². The lowest BCUT2D eigenvalue weighted by Crippen LogP contribution is -2.38. The first-order chi connectivity index (χ1) is 22.2. The van der Waals surface area contributed by atoms with Crippen molar-refractivity contribution in [1.29, 1.82) is 0 Å². The number of sulfonamides is 1. The quantitative estimate of drug-likeness (QED) is 0.216. The number of carbonyl (C=O) groups is 1. The Morgan fingerprint density at radius 2 is 1.66 bits per heavy atom. The Hall–Kier alpha value is -4.32. The van der Waals surface area contributed by atoms with Crippen LogP contribution in [-0.2, 0) is 30.0 Å². The Morgan fingerprint density at radius 3 is 2.36 bits per heavy atom. The number of carbonyl (C=O) groups excluding carboxylic acids is 1. The molecule has 5 aromatic rings. The van der Waals surface area contributed by atoms with Gasteiger partial charge >= 0.3 is 0 Å². The monoisotopic (exact) mass is 692 g/mol. The predicted octanol–water partition coefficient (Wildman–Crippen LogP) is 6.03. The molecule has 0 spiro atoms. The zero-order chi connectivity index (χ0) is 33.8. The summed E-state index contributed by atoms with van der Waals surface area (Å²) in [6.07, 6.45) is 2.36. The zero-order valence-electron chi connectivity index (χ0n) is 26.6. The van der Waals surface area contributed by atoms with E-state index in [1.54, 1.807) is 60.1 Å². The molecule has 0 aliphatic carbocycles. The van der Waals surface area contributed by atoms with E-state index < -0.39 is 21.5 Å². The van der Waals surface area contributed by atoms with E-state index in [0.717, 1.165) is 21.2 Å². The van der Waals surface area contributed by atoms with E-state index in [2.05, 4.69) is 18.9 Å². The highest BCUT2D eigenvalue weighted by molar-refractivity contribution is 7.92. The first kappa shape index (κ1) is 32.6. The molecule has 1 aliphatic heterocycles. The van der Waals surface area contributed by atoms with Crippen molar-refractivity contribution < 1.29 is 13.2 Å². The molecule has 0 saturated heterocycles. The Bertz CT molecular complexity index is 2190. The third kappa shape index (κ3) is 5.77. The summed E-state index contributed by atoms with van der Waals surface area (Å²) in [6, 6.07) is 20.5. The molecule has 1 amide bonds. The highest BCUT2D eigenvalue weighted by Crippen LogP contribution is 2.35. The summed E-state index contributed by atoms with van der Waals surface area (Å²) in [5.74, 6) is -0.413. The lowest BCUT2D eigenvalue weighted by atomic mass is 9.87. The van der Waals surface area contributed by atoms with Gasteiger partial charge < -0.3 is 4.90 Å². The summed E-state index contributed by atoms with van der Waals surface area (Å²) in [5, 5.41) is 5.29. The molecular formula is C34H34Cl2N6O4S. The topological polar surface area (TPSA) is 102 Å². The summed E-state index contributed by atoms with van der Waals surface area (Å²) in [7, 11) is -1.26. The molecule has 0 fully saturated rings. The summed E-state index contributed by atoms with van der Waals surface area (Å²) < 4.78 is 33.9. The van der Waals surface area contributed by atoms with Crippen LogP contribution in [0.5, 0.6) is 0 Å². The van der Waals surface area contributed by atoms with E-state index in [1.807, 2.05) is 28.9 Å². The maximum atomic E-state index is 14.2. The van der Waals surface area contributed by atoms with Gasteiger partial charge in [-0.3, -0.25) is 18.6 Å². The second-order valence-corrected chi connectivity index (χ2v) is 15.3. The van der Waals surface area contributed by atoms with Crippen molar-refractivity contribution in [1.82, 2.24) is 24.0 Å². The maximum Gasteiger partial charge on any atom is 0.296 e. The Morgan fingerprint density at radius 1 is 0.979 bits per heavy atom. The molecule has 3 heterocycles. The highest BCUT2D eigenvalue weighted by atomic mass is 35.5. The van der Waals surface area contributed by atoms with Crippen LogP contribution in [0, 0.1) is 12.3 Å². The lowest BCUT2D eigenvalue weighted by molar-refractivity contribution is 0.0680. The number of nitrogens with zero attached hydrogens (tertiary/aromatic N) is 6. The third-order valence-corrected chi connectivity index (χ3v) is 11.0. The van der Waals surface area contributed by atoms with Gasteiger partial charge in [-0.2, -0.15) is 5.10 Å². The van der Waals surface area contributed by atoms with Gasteiger partial charge in [0.25, 0.3) is 21.5 Å². The number of fused-ring (bicyclic) bond motifs is 1. The molecule has 2 aromatic heterocycles. The number of rotatable bonds is 6. The summed E-state index contributed by atoms with van der Waals surface area (Å²) >= 11 is 13.1. The van der Waals surface area contributed by atoms with Gasteiger partial charge in [0.2, 0.25) is 0 Å². The standard InChI is InChI=1S/C34H34Cl2N6O4S/c1-22-31(33(44)42(38(22)4)24-11-7-6-8-12-24)39(5)47(45,46)25-15-16-27(35)26(17-25)32(43)40-20-23-19-37-41(29-14-10-9-13-28(29)36)30(23)18-34(2,3)21-40/h6-17,19H,18,20-21H2,1-5H3. The van der Waals surface area contributed by atoms with Crippen LogP contribution < -0.4 is 9.86 Å². The van der Waals surface area contributed by atoms with Crippen molar-refractivity contribution in [3.05, 3.63) is 122 Å². The second-order valence-electron chi connectivity index (χ2n) is 12.5. The fourth-order valence-corrected chi connectivity index (χ4v) is 7.87. The third-order valence-electron chi connectivity index (χ3n) is 8.61. The molecule has 0 atom stereocenters. The van der Waals surface area contributed by atoms with E-state index in [-0.39, 0.29) is 33.1 Å². The van der Waals surface area contributed by atoms with Gasteiger partial charge in [-0.15, -0.1) is 0 Å². The van der Waals surface area contributed by atoms with Gasteiger partial charge in [0.1, 0.15) is 5.69 Å². The SMILES string of the molecule is Cc1c(N(C)S(=O)(=O)c2ccc(Cl)c(C(=O)N3Cc4cnn(-c5ccccc5Cl)c4CC(C)(C)C3)c2)c(=O)n(-c2ccccc2)n1C. The van der Waals surface area contributed by atoms with E-state index in [1.165, 1.54) is 29.9 Å². The molecule has 0 bridgehead atoms. The van der Waals surface area contributed by atoms with E-state index in [0.29, 0.717) is 29.4 Å². The predicted molar refractivity (Wildman–Crippen MR) is 184 cm³/mol. The van der Waals surface area contributed by atoms with Crippen LogP contribution >= 0.6 is 23.2 Å². The summed E-state index contributed by atoms with van der Waals surface area (Å²) in [4.78, 5) is 29.3. The normalized spacial score (nSPS) is 14.5. The first-order valence-corrected chi connectivity index (χ1v) is 17.1. The number of anilines is 1. The molecule has 3 aromatic carbocycles. The van der Waals surface area contributed by atoms with Crippen LogP contribution in [-0.4, -0.2) is 52.0 Å². The van der Waals surface area contributed by atoms with Crippen molar-refractivity contribution in [2.45, 2.75) is 38.6 Å².